The third-order valence-electron chi connectivity index (χ3n) is 5.95. The molecule has 1 heterocycles. The van der Waals surface area contributed by atoms with Crippen LogP contribution in [0.4, 0.5) is 5.69 Å². The molecule has 0 atom stereocenters. The predicted octanol–water partition coefficient (Wildman–Crippen LogP) is 4.89. The molecule has 1 aromatic heterocycles. The van der Waals surface area contributed by atoms with Crippen molar-refractivity contribution in [1.29, 1.82) is 0 Å². The summed E-state index contributed by atoms with van der Waals surface area (Å²) < 4.78 is 11.5. The minimum atomic E-state index is -1.39. The first-order valence-electron chi connectivity index (χ1n) is 12.5. The Balaban J connectivity index is 1.66. The number of unbranched alkanes of at least 4 members (excludes halogenated alkanes) is 1. The van der Waals surface area contributed by atoms with Crippen molar-refractivity contribution in [3.05, 3.63) is 81.2 Å². The average molecular weight is 538 g/mol. The number of aromatic carboxylic acids is 2. The van der Waals surface area contributed by atoms with Crippen LogP contribution in [0.5, 0.6) is 11.5 Å². The SMILES string of the molecule is Cc1nc(C)c(C(=O)O)c(-c2cc([N+](=O)[O-])ccc2OCCCCNCCCOc2ccccc2)c1C(=O)O. The number of carbonyl (C=O) groups is 2. The van der Waals surface area contributed by atoms with Crippen molar-refractivity contribution in [2.45, 2.75) is 33.1 Å². The Kier molecular flexibility index (Phi) is 10.3. The van der Waals surface area contributed by atoms with Crippen LogP contribution in [-0.2, 0) is 0 Å². The molecule has 39 heavy (non-hydrogen) atoms. The lowest BCUT2D eigenvalue weighted by atomic mass is 9.91. The second-order valence-corrected chi connectivity index (χ2v) is 8.78. The summed E-state index contributed by atoms with van der Waals surface area (Å²) in [6.45, 7) is 5.29. The lowest BCUT2D eigenvalue weighted by Crippen LogP contribution is -2.19. The monoisotopic (exact) mass is 537 g/mol. The Morgan fingerprint density at radius 2 is 1.51 bits per heavy atom. The number of para-hydroxylation sites is 1. The van der Waals surface area contributed by atoms with Gasteiger partial charge in [-0.3, -0.25) is 15.1 Å². The van der Waals surface area contributed by atoms with E-state index in [-0.39, 0.29) is 51.7 Å². The van der Waals surface area contributed by atoms with Crippen molar-refractivity contribution in [2.24, 2.45) is 0 Å². The number of hydrogen-bond donors (Lipinski definition) is 3. The van der Waals surface area contributed by atoms with Crippen molar-refractivity contribution in [2.75, 3.05) is 26.3 Å². The summed E-state index contributed by atoms with van der Waals surface area (Å²) in [6.07, 6.45) is 2.28. The summed E-state index contributed by atoms with van der Waals surface area (Å²) in [7, 11) is 0. The summed E-state index contributed by atoms with van der Waals surface area (Å²) in [6, 6.07) is 13.3. The first-order chi connectivity index (χ1) is 18.7. The highest BCUT2D eigenvalue weighted by Gasteiger charge is 2.29. The van der Waals surface area contributed by atoms with Crippen molar-refractivity contribution >= 4 is 17.6 Å². The summed E-state index contributed by atoms with van der Waals surface area (Å²) in [5.74, 6) is -1.80. The van der Waals surface area contributed by atoms with Gasteiger partial charge in [-0.25, -0.2) is 9.59 Å². The van der Waals surface area contributed by atoms with Gasteiger partial charge in [0.05, 0.1) is 40.7 Å². The number of nitro groups is 1. The maximum absolute atomic E-state index is 12.1. The number of rotatable bonds is 15. The quantitative estimate of drug-likeness (QED) is 0.138. The number of hydrogen-bond acceptors (Lipinski definition) is 8. The first-order valence-corrected chi connectivity index (χ1v) is 12.5. The van der Waals surface area contributed by atoms with E-state index in [4.69, 9.17) is 9.47 Å². The van der Waals surface area contributed by atoms with Gasteiger partial charge in [-0.2, -0.15) is 0 Å². The molecule has 206 valence electrons. The number of carboxylic acids is 2. The Morgan fingerprint density at radius 1 is 0.897 bits per heavy atom. The van der Waals surface area contributed by atoms with Gasteiger partial charge in [-0.05, 0) is 64.4 Å². The zero-order valence-corrected chi connectivity index (χ0v) is 21.8. The van der Waals surface area contributed by atoms with E-state index in [2.05, 4.69) is 10.3 Å². The summed E-state index contributed by atoms with van der Waals surface area (Å²) in [4.78, 5) is 39.1. The van der Waals surface area contributed by atoms with E-state index in [0.717, 1.165) is 37.7 Å². The molecule has 11 heteroatoms. The Hall–Kier alpha value is -4.51. The van der Waals surface area contributed by atoms with E-state index >= 15 is 0 Å². The highest BCUT2D eigenvalue weighted by atomic mass is 16.6. The number of pyridine rings is 1. The van der Waals surface area contributed by atoms with Gasteiger partial charge in [-0.1, -0.05) is 18.2 Å². The number of non-ortho nitro benzene ring substituents is 1. The van der Waals surface area contributed by atoms with Crippen LogP contribution in [0.2, 0.25) is 0 Å². The largest absolute Gasteiger partial charge is 0.494 e. The van der Waals surface area contributed by atoms with Gasteiger partial charge in [0, 0.05) is 23.3 Å². The predicted molar refractivity (Wildman–Crippen MR) is 144 cm³/mol. The van der Waals surface area contributed by atoms with E-state index in [0.29, 0.717) is 13.0 Å². The molecule has 0 saturated heterocycles. The standard InChI is InChI=1S/C28H31N3O8/c1-18-24(27(32)33)26(25(28(34)35)19(2)30-18)22-17-20(31(36)37)11-12-23(22)39-15-7-6-13-29-14-8-16-38-21-9-4-3-5-10-21/h3-5,9-12,17,29H,6-8,13-16H2,1-2H3,(H,32,33)(H,34,35). The highest BCUT2D eigenvalue weighted by Crippen LogP contribution is 2.39. The van der Waals surface area contributed by atoms with E-state index in [1.807, 2.05) is 30.3 Å². The van der Waals surface area contributed by atoms with Crippen molar-refractivity contribution in [3.8, 4) is 22.6 Å². The van der Waals surface area contributed by atoms with Crippen molar-refractivity contribution < 1.29 is 34.2 Å². The Bertz CT molecular complexity index is 1290. The van der Waals surface area contributed by atoms with E-state index in [1.165, 1.54) is 26.0 Å². The second-order valence-electron chi connectivity index (χ2n) is 8.78. The number of aromatic nitrogens is 1. The second kappa shape index (κ2) is 13.9. The highest BCUT2D eigenvalue weighted by molar-refractivity contribution is 6.07. The summed E-state index contributed by atoms with van der Waals surface area (Å²) in [5.41, 5.74) is -0.970. The molecular formula is C28H31N3O8. The van der Waals surface area contributed by atoms with Gasteiger partial charge in [0.15, 0.2) is 0 Å². The van der Waals surface area contributed by atoms with Gasteiger partial charge >= 0.3 is 11.9 Å². The maximum atomic E-state index is 12.1. The molecule has 0 saturated carbocycles. The van der Waals surface area contributed by atoms with Crippen LogP contribution in [0.1, 0.15) is 51.4 Å². The number of aryl methyl sites for hydroxylation is 2. The maximum Gasteiger partial charge on any atom is 0.338 e. The van der Waals surface area contributed by atoms with Gasteiger partial charge in [0.25, 0.3) is 5.69 Å². The number of nitro benzene ring substituents is 1. The van der Waals surface area contributed by atoms with Gasteiger partial charge < -0.3 is 25.0 Å². The molecule has 2 aromatic carbocycles. The third-order valence-corrected chi connectivity index (χ3v) is 5.95. The zero-order valence-electron chi connectivity index (χ0n) is 21.8. The van der Waals surface area contributed by atoms with Crippen LogP contribution in [0, 0.1) is 24.0 Å². The summed E-state index contributed by atoms with van der Waals surface area (Å²) in [5, 5.41) is 34.5. The van der Waals surface area contributed by atoms with Crippen molar-refractivity contribution in [1.82, 2.24) is 10.3 Å². The minimum Gasteiger partial charge on any atom is -0.494 e. The number of benzene rings is 2. The molecule has 0 aliphatic carbocycles. The van der Waals surface area contributed by atoms with Crippen LogP contribution in [0.3, 0.4) is 0 Å². The third kappa shape index (κ3) is 7.74. The fourth-order valence-electron chi connectivity index (χ4n) is 4.16. The zero-order chi connectivity index (χ0) is 28.4. The molecule has 0 radical (unpaired) electrons. The lowest BCUT2D eigenvalue weighted by molar-refractivity contribution is -0.384. The van der Waals surface area contributed by atoms with E-state index in [9.17, 15) is 29.9 Å². The smallest absolute Gasteiger partial charge is 0.338 e. The van der Waals surface area contributed by atoms with Crippen LogP contribution >= 0.6 is 0 Å². The topological polar surface area (TPSA) is 161 Å². The number of ether oxygens (including phenoxy) is 2. The van der Waals surface area contributed by atoms with Crippen LogP contribution < -0.4 is 14.8 Å². The van der Waals surface area contributed by atoms with Gasteiger partial charge in [0.2, 0.25) is 0 Å². The number of nitrogens with one attached hydrogen (secondary N) is 1. The Labute approximate surface area is 225 Å². The molecule has 0 bridgehead atoms. The number of nitrogens with zero attached hydrogens (tertiary/aromatic N) is 2. The van der Waals surface area contributed by atoms with Crippen LogP contribution in [0.25, 0.3) is 11.1 Å². The van der Waals surface area contributed by atoms with Crippen molar-refractivity contribution in [3.63, 3.8) is 0 Å². The molecule has 0 amide bonds. The molecule has 3 aromatic rings. The molecule has 0 unspecified atom stereocenters. The molecule has 0 fully saturated rings. The van der Waals surface area contributed by atoms with Crippen LogP contribution in [-0.4, -0.2) is 58.4 Å². The first kappa shape index (κ1) is 29.1. The summed E-state index contributed by atoms with van der Waals surface area (Å²) >= 11 is 0. The molecule has 0 aliphatic heterocycles. The molecule has 0 spiro atoms. The lowest BCUT2D eigenvalue weighted by Gasteiger charge is -2.18. The van der Waals surface area contributed by atoms with Gasteiger partial charge in [-0.15, -0.1) is 0 Å². The number of carboxylic acid groups (broad SMARTS) is 2. The molecule has 3 rings (SSSR count). The fourth-order valence-corrected chi connectivity index (χ4v) is 4.16. The minimum absolute atomic E-state index is 0.0177. The van der Waals surface area contributed by atoms with E-state index < -0.39 is 16.9 Å². The molecular weight excluding hydrogens is 506 g/mol. The molecule has 11 nitrogen and oxygen atoms in total. The molecule has 3 N–H and O–H groups in total. The molecule has 0 aliphatic rings. The normalized spacial score (nSPS) is 10.7. The van der Waals surface area contributed by atoms with E-state index in [1.54, 1.807) is 0 Å². The van der Waals surface area contributed by atoms with Gasteiger partial charge in [0.1, 0.15) is 11.5 Å². The Morgan fingerprint density at radius 3 is 2.13 bits per heavy atom. The average Bonchev–Trinajstić information content (AvgIpc) is 2.89. The van der Waals surface area contributed by atoms with Crippen LogP contribution in [0.15, 0.2) is 48.5 Å². The fraction of sp³-hybridized carbons (Fsp3) is 0.321.